The molecule has 9 heteroatoms. The molecule has 1 aliphatic rings. The van der Waals surface area contributed by atoms with Crippen molar-refractivity contribution in [3.05, 3.63) is 123 Å². The van der Waals surface area contributed by atoms with Crippen LogP contribution in [-0.4, -0.2) is 24.8 Å². The van der Waals surface area contributed by atoms with Crippen molar-refractivity contribution in [1.29, 1.82) is 15.8 Å². The molecule has 0 atom stereocenters. The zero-order chi connectivity index (χ0) is 32.7. The van der Waals surface area contributed by atoms with Crippen molar-refractivity contribution in [1.82, 2.24) is 4.98 Å². The molecule has 3 aromatic carbocycles. The normalized spacial score (nSPS) is 13.6. The van der Waals surface area contributed by atoms with Crippen LogP contribution < -0.4 is 14.4 Å². The molecule has 0 bridgehead atoms. The first-order valence-electron chi connectivity index (χ1n) is 14.2. The predicted octanol–water partition coefficient (Wildman–Crippen LogP) is 8.74. The number of thiazole rings is 1. The molecule has 5 rings (SSSR count). The summed E-state index contributed by atoms with van der Waals surface area (Å²) in [5.41, 5.74) is 3.67. The molecule has 1 aromatic heterocycles. The van der Waals surface area contributed by atoms with E-state index in [1.165, 1.54) is 11.3 Å². The van der Waals surface area contributed by atoms with Gasteiger partial charge in [-0.3, -0.25) is 0 Å². The molecule has 0 amide bonds. The summed E-state index contributed by atoms with van der Waals surface area (Å²) >= 11 is 1.49. The highest BCUT2D eigenvalue weighted by Crippen LogP contribution is 2.41. The Bertz CT molecular complexity index is 1920. The Kier molecular flexibility index (Phi) is 9.33. The summed E-state index contributed by atoms with van der Waals surface area (Å²) in [6, 6.07) is 29.8. The second-order valence-electron chi connectivity index (χ2n) is 10.5. The lowest BCUT2D eigenvalue weighted by molar-refractivity contribution is 0.0954. The highest BCUT2D eigenvalue weighted by Gasteiger charge is 2.38. The first kappa shape index (κ1) is 31.3. The molecule has 1 aliphatic heterocycles. The Morgan fingerprint density at radius 3 is 1.83 bits per heavy atom. The summed E-state index contributed by atoms with van der Waals surface area (Å²) in [7, 11) is 3.31. The first-order chi connectivity index (χ1) is 22.3. The van der Waals surface area contributed by atoms with Gasteiger partial charge in [-0.15, -0.1) is 11.3 Å². The number of allylic oxidation sites excluding steroid dienone is 2. The van der Waals surface area contributed by atoms with Gasteiger partial charge in [0, 0.05) is 33.7 Å². The Balaban J connectivity index is 1.35. The molecule has 0 radical (unpaired) electrons. The van der Waals surface area contributed by atoms with E-state index in [0.29, 0.717) is 5.57 Å². The number of ether oxygens (including phenoxy) is 3. The number of benzene rings is 3. The quantitative estimate of drug-likeness (QED) is 0.170. The minimum absolute atomic E-state index is 0.0158. The molecule has 226 valence electrons. The van der Waals surface area contributed by atoms with Crippen LogP contribution in [0.15, 0.2) is 108 Å². The number of nitriles is 3. The molecule has 4 aromatic rings. The number of aromatic nitrogens is 1. The average molecular weight is 624 g/mol. The summed E-state index contributed by atoms with van der Waals surface area (Å²) in [6.45, 7) is 3.58. The number of hydrogen-bond acceptors (Lipinski definition) is 9. The van der Waals surface area contributed by atoms with E-state index in [0.717, 1.165) is 44.0 Å². The Morgan fingerprint density at radius 1 is 0.783 bits per heavy atom. The summed E-state index contributed by atoms with van der Waals surface area (Å²) < 4.78 is 16.5. The number of rotatable bonds is 9. The van der Waals surface area contributed by atoms with Crippen LogP contribution in [0.1, 0.15) is 29.3 Å². The summed E-state index contributed by atoms with van der Waals surface area (Å²) in [5, 5.41) is 29.1. The zero-order valence-corrected chi connectivity index (χ0v) is 26.5. The van der Waals surface area contributed by atoms with Crippen LogP contribution in [0.25, 0.3) is 18.2 Å². The largest absolute Gasteiger partial charge is 0.497 e. The van der Waals surface area contributed by atoms with E-state index >= 15 is 0 Å². The van der Waals surface area contributed by atoms with E-state index in [9.17, 15) is 15.8 Å². The minimum Gasteiger partial charge on any atom is -0.497 e. The predicted molar refractivity (Wildman–Crippen MR) is 180 cm³/mol. The van der Waals surface area contributed by atoms with Crippen LogP contribution in [0, 0.1) is 34.0 Å². The maximum Gasteiger partial charge on any atom is 0.172 e. The molecular weight excluding hydrogens is 595 g/mol. The van der Waals surface area contributed by atoms with Gasteiger partial charge in [0.2, 0.25) is 0 Å². The third-order valence-corrected chi connectivity index (χ3v) is 8.18. The van der Waals surface area contributed by atoms with Crippen molar-refractivity contribution < 1.29 is 14.2 Å². The maximum atomic E-state index is 9.75. The van der Waals surface area contributed by atoms with E-state index in [1.54, 1.807) is 40.3 Å². The van der Waals surface area contributed by atoms with E-state index < -0.39 is 5.60 Å². The van der Waals surface area contributed by atoms with Crippen molar-refractivity contribution in [2.75, 3.05) is 19.1 Å². The molecule has 0 unspecified atom stereocenters. The van der Waals surface area contributed by atoms with Gasteiger partial charge in [0.25, 0.3) is 0 Å². The van der Waals surface area contributed by atoms with E-state index in [1.807, 2.05) is 78.9 Å². The van der Waals surface area contributed by atoms with E-state index in [2.05, 4.69) is 40.2 Å². The van der Waals surface area contributed by atoms with Crippen LogP contribution >= 0.6 is 11.3 Å². The van der Waals surface area contributed by atoms with Gasteiger partial charge in [0.05, 0.1) is 14.2 Å². The van der Waals surface area contributed by atoms with Crippen LogP contribution in [0.3, 0.4) is 0 Å². The molecule has 0 fully saturated rings. The van der Waals surface area contributed by atoms with Crippen LogP contribution in [-0.2, 0) is 4.74 Å². The number of nitrogens with zero attached hydrogens (tertiary/aromatic N) is 5. The van der Waals surface area contributed by atoms with Gasteiger partial charge in [0.15, 0.2) is 11.3 Å². The monoisotopic (exact) mass is 623 g/mol. The van der Waals surface area contributed by atoms with Gasteiger partial charge in [-0.25, -0.2) is 4.98 Å². The molecule has 0 saturated heterocycles. The lowest BCUT2D eigenvalue weighted by atomic mass is 9.95. The first-order valence-corrected chi connectivity index (χ1v) is 15.0. The fourth-order valence-electron chi connectivity index (χ4n) is 4.91. The molecule has 2 heterocycles. The lowest BCUT2D eigenvalue weighted by Gasteiger charge is -2.26. The van der Waals surface area contributed by atoms with Gasteiger partial charge in [-0.1, -0.05) is 24.3 Å². The minimum atomic E-state index is -0.877. The Morgan fingerprint density at radius 2 is 1.33 bits per heavy atom. The second kappa shape index (κ2) is 13.7. The maximum absolute atomic E-state index is 9.75. The fourth-order valence-corrected chi connectivity index (χ4v) is 5.64. The molecule has 0 spiro atoms. The molecule has 8 nitrogen and oxygen atoms in total. The van der Waals surface area contributed by atoms with Gasteiger partial charge in [-0.2, -0.15) is 15.8 Å². The smallest absolute Gasteiger partial charge is 0.172 e. The van der Waals surface area contributed by atoms with Gasteiger partial charge in [-0.05, 0) is 92.2 Å². The van der Waals surface area contributed by atoms with E-state index in [4.69, 9.17) is 14.2 Å². The molecule has 46 heavy (non-hydrogen) atoms. The number of anilines is 3. The van der Waals surface area contributed by atoms with Gasteiger partial charge in [0.1, 0.15) is 45.9 Å². The Hall–Kier alpha value is -6.08. The van der Waals surface area contributed by atoms with Crippen LogP contribution in [0.5, 0.6) is 11.5 Å². The number of hydrogen-bond donors (Lipinski definition) is 0. The molecular formula is C37H29N5O3S. The molecule has 0 aliphatic carbocycles. The topological polar surface area (TPSA) is 115 Å². The van der Waals surface area contributed by atoms with Crippen molar-refractivity contribution >= 4 is 46.6 Å². The van der Waals surface area contributed by atoms with Gasteiger partial charge < -0.3 is 19.1 Å². The zero-order valence-electron chi connectivity index (χ0n) is 25.7. The number of methoxy groups -OCH3 is 2. The van der Waals surface area contributed by atoms with Crippen molar-refractivity contribution in [2.24, 2.45) is 0 Å². The summed E-state index contributed by atoms with van der Waals surface area (Å²) in [5.74, 6) is 1.59. The average Bonchev–Trinajstić information content (AvgIpc) is 3.65. The SMILES string of the molecule is COc1ccc(N(c2ccc(/C=C/c3cnc(/C=C/C4=C(C#N)C(=C(C#N)C#N)OC4(C)C)s3)cc2)c2ccc(OC)cc2)cc1. The Labute approximate surface area is 272 Å². The van der Waals surface area contributed by atoms with Gasteiger partial charge >= 0.3 is 0 Å². The second-order valence-corrected chi connectivity index (χ2v) is 11.6. The highest BCUT2D eigenvalue weighted by atomic mass is 32.1. The highest BCUT2D eigenvalue weighted by molar-refractivity contribution is 7.13. The summed E-state index contributed by atoms with van der Waals surface area (Å²) in [4.78, 5) is 7.62. The lowest BCUT2D eigenvalue weighted by Crippen LogP contribution is -2.20. The molecule has 0 N–H and O–H groups in total. The van der Waals surface area contributed by atoms with Crippen molar-refractivity contribution in [2.45, 2.75) is 19.4 Å². The summed E-state index contributed by atoms with van der Waals surface area (Å²) in [6.07, 6.45) is 9.39. The third kappa shape index (κ3) is 6.69. The third-order valence-electron chi connectivity index (χ3n) is 7.25. The van der Waals surface area contributed by atoms with Crippen molar-refractivity contribution in [3.8, 4) is 29.7 Å². The van der Waals surface area contributed by atoms with Crippen LogP contribution in [0.4, 0.5) is 17.1 Å². The van der Waals surface area contributed by atoms with E-state index in [-0.39, 0.29) is 16.9 Å². The molecule has 0 saturated carbocycles. The fraction of sp³-hybridized carbons (Fsp3) is 0.135. The van der Waals surface area contributed by atoms with Crippen molar-refractivity contribution in [3.63, 3.8) is 0 Å². The van der Waals surface area contributed by atoms with Crippen LogP contribution in [0.2, 0.25) is 0 Å². The standard InChI is InChI=1S/C37H29N5O3S/c1-37(2)34(33(23-40)36(45-37)26(21-38)22-39)19-20-35-41-24-32(46-35)18-7-25-5-8-27(9-6-25)42(28-10-14-30(43-3)15-11-28)29-12-16-31(44-4)17-13-29/h5-20,24H,1-4H3/b18-7+,20-19+.